The summed E-state index contributed by atoms with van der Waals surface area (Å²) in [4.78, 5) is 0. The summed E-state index contributed by atoms with van der Waals surface area (Å²) in [6, 6.07) is 3.67. The molecule has 1 aliphatic rings. The minimum Gasteiger partial charge on any atom is -0.496 e. The van der Waals surface area contributed by atoms with Crippen LogP contribution in [0.2, 0.25) is 5.02 Å². The van der Waals surface area contributed by atoms with Gasteiger partial charge in [-0.25, -0.2) is 0 Å². The molecule has 0 radical (unpaired) electrons. The highest BCUT2D eigenvalue weighted by Crippen LogP contribution is 2.42. The molecular weight excluding hydrogens is 226 g/mol. The Morgan fingerprint density at radius 3 is 2.31 bits per heavy atom. The van der Waals surface area contributed by atoms with Gasteiger partial charge in [0.05, 0.1) is 19.2 Å². The van der Waals surface area contributed by atoms with Gasteiger partial charge in [-0.15, -0.1) is 0 Å². The maximum atomic E-state index is 6.27. The number of hydrogen-bond donors (Lipinski definition) is 1. The highest BCUT2D eigenvalue weighted by atomic mass is 35.5. The molecule has 1 aliphatic carbocycles. The van der Waals surface area contributed by atoms with Gasteiger partial charge in [-0.1, -0.05) is 11.6 Å². The van der Waals surface area contributed by atoms with Gasteiger partial charge < -0.3 is 15.2 Å². The van der Waals surface area contributed by atoms with Crippen molar-refractivity contribution in [2.24, 2.45) is 5.73 Å². The van der Waals surface area contributed by atoms with E-state index < -0.39 is 0 Å². The average Bonchev–Trinajstić information content (AvgIpc) is 2.99. The largest absolute Gasteiger partial charge is 0.496 e. The fraction of sp³-hybridized carbons (Fsp3) is 0.500. The lowest BCUT2D eigenvalue weighted by atomic mass is 10.0. The summed E-state index contributed by atoms with van der Waals surface area (Å²) in [5.74, 6) is 1.45. The van der Waals surface area contributed by atoms with Crippen LogP contribution < -0.4 is 15.2 Å². The van der Waals surface area contributed by atoms with Crippen LogP contribution in [-0.2, 0) is 6.42 Å². The molecular formula is C12H16ClNO2. The standard InChI is InChI=1S/C12H16ClNO2/c1-15-9-3-4-10(16-2)11(13)8(9)7-12(14)5-6-12/h3-4H,5-7,14H2,1-2H3. The molecule has 0 aliphatic heterocycles. The predicted octanol–water partition coefficient (Wildman–Crippen LogP) is 2.39. The molecule has 0 atom stereocenters. The van der Waals surface area contributed by atoms with E-state index in [1.165, 1.54) is 0 Å². The van der Waals surface area contributed by atoms with E-state index in [1.54, 1.807) is 20.3 Å². The van der Waals surface area contributed by atoms with Crippen LogP contribution in [-0.4, -0.2) is 19.8 Å². The number of rotatable bonds is 4. The van der Waals surface area contributed by atoms with E-state index >= 15 is 0 Å². The monoisotopic (exact) mass is 241 g/mol. The Kier molecular flexibility index (Phi) is 3.00. The zero-order valence-corrected chi connectivity index (χ0v) is 10.3. The van der Waals surface area contributed by atoms with E-state index in [9.17, 15) is 0 Å². The summed E-state index contributed by atoms with van der Waals surface area (Å²) in [5.41, 5.74) is 6.96. The molecule has 1 fully saturated rings. The third kappa shape index (κ3) is 2.11. The number of halogens is 1. The van der Waals surface area contributed by atoms with Gasteiger partial charge in [-0.05, 0) is 31.4 Å². The maximum absolute atomic E-state index is 6.27. The van der Waals surface area contributed by atoms with Crippen molar-refractivity contribution in [3.8, 4) is 11.5 Å². The normalized spacial score (nSPS) is 17.0. The number of methoxy groups -OCH3 is 2. The lowest BCUT2D eigenvalue weighted by Crippen LogP contribution is -2.25. The first-order valence-electron chi connectivity index (χ1n) is 5.28. The lowest BCUT2D eigenvalue weighted by molar-refractivity contribution is 0.397. The highest BCUT2D eigenvalue weighted by molar-refractivity contribution is 6.33. The van der Waals surface area contributed by atoms with Crippen molar-refractivity contribution in [3.05, 3.63) is 22.7 Å². The van der Waals surface area contributed by atoms with E-state index in [0.29, 0.717) is 10.8 Å². The van der Waals surface area contributed by atoms with Gasteiger partial charge in [0.25, 0.3) is 0 Å². The zero-order chi connectivity index (χ0) is 11.8. The molecule has 0 spiro atoms. The Balaban J connectivity index is 2.38. The first-order valence-corrected chi connectivity index (χ1v) is 5.66. The van der Waals surface area contributed by atoms with Gasteiger partial charge in [0.2, 0.25) is 0 Å². The quantitative estimate of drug-likeness (QED) is 0.881. The molecule has 16 heavy (non-hydrogen) atoms. The summed E-state index contributed by atoms with van der Waals surface area (Å²) in [5, 5.41) is 0.610. The average molecular weight is 242 g/mol. The number of ether oxygens (including phenoxy) is 2. The second-order valence-electron chi connectivity index (χ2n) is 4.30. The van der Waals surface area contributed by atoms with E-state index in [-0.39, 0.29) is 5.54 Å². The molecule has 0 aromatic heterocycles. The molecule has 0 heterocycles. The van der Waals surface area contributed by atoms with Crippen molar-refractivity contribution in [2.75, 3.05) is 14.2 Å². The molecule has 1 aromatic carbocycles. The molecule has 0 unspecified atom stereocenters. The molecule has 3 nitrogen and oxygen atoms in total. The molecule has 0 bridgehead atoms. The highest BCUT2D eigenvalue weighted by Gasteiger charge is 2.39. The van der Waals surface area contributed by atoms with Crippen LogP contribution in [0.1, 0.15) is 18.4 Å². The summed E-state index contributed by atoms with van der Waals surface area (Å²) in [7, 11) is 3.24. The van der Waals surface area contributed by atoms with Crippen LogP contribution in [0.5, 0.6) is 11.5 Å². The number of nitrogens with two attached hydrogens (primary N) is 1. The van der Waals surface area contributed by atoms with Crippen LogP contribution >= 0.6 is 11.6 Å². The first kappa shape index (κ1) is 11.6. The van der Waals surface area contributed by atoms with Crippen molar-refractivity contribution in [1.82, 2.24) is 0 Å². The zero-order valence-electron chi connectivity index (χ0n) is 9.55. The first-order chi connectivity index (χ1) is 7.59. The van der Waals surface area contributed by atoms with Gasteiger partial charge in [0.15, 0.2) is 0 Å². The van der Waals surface area contributed by atoms with E-state index in [2.05, 4.69) is 0 Å². The Morgan fingerprint density at radius 2 is 1.81 bits per heavy atom. The van der Waals surface area contributed by atoms with Crippen molar-refractivity contribution in [2.45, 2.75) is 24.8 Å². The number of hydrogen-bond acceptors (Lipinski definition) is 3. The van der Waals surface area contributed by atoms with Gasteiger partial charge in [-0.2, -0.15) is 0 Å². The van der Waals surface area contributed by atoms with Crippen molar-refractivity contribution in [3.63, 3.8) is 0 Å². The van der Waals surface area contributed by atoms with Crippen LogP contribution in [0, 0.1) is 0 Å². The summed E-state index contributed by atoms with van der Waals surface area (Å²) in [6.07, 6.45) is 2.83. The minimum atomic E-state index is -0.0940. The molecule has 4 heteroatoms. The van der Waals surface area contributed by atoms with Crippen molar-refractivity contribution >= 4 is 11.6 Å². The van der Waals surface area contributed by atoms with Crippen molar-refractivity contribution < 1.29 is 9.47 Å². The summed E-state index contributed by atoms with van der Waals surface area (Å²) in [6.45, 7) is 0. The third-order valence-corrected chi connectivity index (χ3v) is 3.44. The van der Waals surface area contributed by atoms with E-state index in [1.807, 2.05) is 6.07 Å². The lowest BCUT2D eigenvalue weighted by Gasteiger charge is -2.16. The molecule has 0 amide bonds. The molecule has 2 rings (SSSR count). The second kappa shape index (κ2) is 4.15. The predicted molar refractivity (Wildman–Crippen MR) is 64.4 cm³/mol. The van der Waals surface area contributed by atoms with Gasteiger partial charge in [0.1, 0.15) is 11.5 Å². The van der Waals surface area contributed by atoms with E-state index in [0.717, 1.165) is 30.6 Å². The second-order valence-corrected chi connectivity index (χ2v) is 4.68. The Labute approximate surface area is 100 Å². The van der Waals surface area contributed by atoms with Crippen LogP contribution in [0.25, 0.3) is 0 Å². The summed E-state index contributed by atoms with van der Waals surface area (Å²) >= 11 is 6.27. The molecule has 0 saturated heterocycles. The molecule has 88 valence electrons. The van der Waals surface area contributed by atoms with Gasteiger partial charge in [-0.3, -0.25) is 0 Å². The third-order valence-electron chi connectivity index (χ3n) is 3.03. The maximum Gasteiger partial charge on any atom is 0.138 e. The van der Waals surface area contributed by atoms with Gasteiger partial charge >= 0.3 is 0 Å². The smallest absolute Gasteiger partial charge is 0.138 e. The van der Waals surface area contributed by atoms with Crippen LogP contribution in [0.3, 0.4) is 0 Å². The molecule has 1 saturated carbocycles. The Hall–Kier alpha value is -0.930. The molecule has 2 N–H and O–H groups in total. The number of benzene rings is 1. The molecule has 1 aromatic rings. The van der Waals surface area contributed by atoms with Gasteiger partial charge in [0, 0.05) is 11.1 Å². The summed E-state index contributed by atoms with van der Waals surface area (Å²) < 4.78 is 10.5. The fourth-order valence-corrected chi connectivity index (χ4v) is 2.09. The minimum absolute atomic E-state index is 0.0940. The Morgan fingerprint density at radius 1 is 1.25 bits per heavy atom. The SMILES string of the molecule is COc1ccc(OC)c(CC2(N)CC2)c1Cl. The topological polar surface area (TPSA) is 44.5 Å². The van der Waals surface area contributed by atoms with Crippen LogP contribution in [0.15, 0.2) is 12.1 Å². The fourth-order valence-electron chi connectivity index (χ4n) is 1.79. The Bertz CT molecular complexity index is 402. The van der Waals surface area contributed by atoms with E-state index in [4.69, 9.17) is 26.8 Å². The van der Waals surface area contributed by atoms with Crippen molar-refractivity contribution in [1.29, 1.82) is 0 Å². The van der Waals surface area contributed by atoms with Crippen LogP contribution in [0.4, 0.5) is 0 Å².